The van der Waals surface area contributed by atoms with Crippen LogP contribution in [0.25, 0.3) is 0 Å². The van der Waals surface area contributed by atoms with E-state index in [1.165, 1.54) is 12.1 Å². The van der Waals surface area contributed by atoms with Gasteiger partial charge in [-0.2, -0.15) is 0 Å². The molecule has 2 aromatic carbocycles. The molecule has 3 rings (SSSR count). The van der Waals surface area contributed by atoms with Crippen molar-refractivity contribution in [2.24, 2.45) is 0 Å². The van der Waals surface area contributed by atoms with Crippen LogP contribution in [-0.4, -0.2) is 5.84 Å². The minimum atomic E-state index is -0.324. The highest BCUT2D eigenvalue weighted by molar-refractivity contribution is 9.10. The first-order valence-corrected chi connectivity index (χ1v) is 6.83. The predicted octanol–water partition coefficient (Wildman–Crippen LogP) is 4.59. The smallest absolute Gasteiger partial charge is 0.133 e. The largest absolute Gasteiger partial charge is 0.321 e. The predicted molar refractivity (Wildman–Crippen MR) is 78.6 cm³/mol. The molecule has 19 heavy (non-hydrogen) atoms. The van der Waals surface area contributed by atoms with Gasteiger partial charge in [-0.05, 0) is 51.8 Å². The molecule has 1 heterocycles. The number of halogens is 3. The first kappa shape index (κ1) is 12.6. The van der Waals surface area contributed by atoms with Crippen molar-refractivity contribution in [1.82, 2.24) is 0 Å². The number of benzene rings is 2. The van der Waals surface area contributed by atoms with Crippen LogP contribution in [0.15, 0.2) is 40.9 Å². The van der Waals surface area contributed by atoms with E-state index in [-0.39, 0.29) is 11.7 Å². The molecule has 0 fully saturated rings. The van der Waals surface area contributed by atoms with Crippen LogP contribution in [-0.2, 0) is 6.54 Å². The molecule has 0 spiro atoms. The summed E-state index contributed by atoms with van der Waals surface area (Å²) in [6.45, 7) is 0.549. The fourth-order valence-electron chi connectivity index (χ4n) is 2.20. The molecule has 0 unspecified atom stereocenters. The van der Waals surface area contributed by atoms with Gasteiger partial charge in [-0.15, -0.1) is 0 Å². The molecule has 2 aromatic rings. The summed E-state index contributed by atoms with van der Waals surface area (Å²) in [4.78, 5) is 1.81. The fourth-order valence-corrected chi connectivity index (χ4v) is 2.83. The van der Waals surface area contributed by atoms with Gasteiger partial charge in [0.1, 0.15) is 11.7 Å². The summed E-state index contributed by atoms with van der Waals surface area (Å²) in [6.07, 6.45) is 0. The van der Waals surface area contributed by atoms with Gasteiger partial charge in [-0.25, -0.2) is 4.39 Å². The standard InChI is InChI=1S/C14H9BrClFN2/c15-12-4-2-9(16)5-13(12)19-7-8-1-3-10(17)6-11(8)14(19)18/h1-6,18H,7H2. The second-order valence-electron chi connectivity index (χ2n) is 4.33. The normalized spacial score (nSPS) is 13.8. The second-order valence-corrected chi connectivity index (χ2v) is 5.62. The number of rotatable bonds is 1. The van der Waals surface area contributed by atoms with Crippen LogP contribution in [0.4, 0.5) is 10.1 Å². The van der Waals surface area contributed by atoms with Crippen LogP contribution in [0.3, 0.4) is 0 Å². The molecule has 1 N–H and O–H groups in total. The minimum Gasteiger partial charge on any atom is -0.321 e. The maximum Gasteiger partial charge on any atom is 0.133 e. The summed E-state index contributed by atoms with van der Waals surface area (Å²) in [5, 5.41) is 8.79. The Kier molecular flexibility index (Phi) is 3.07. The van der Waals surface area contributed by atoms with Gasteiger partial charge in [0.05, 0.1) is 12.2 Å². The van der Waals surface area contributed by atoms with Crippen molar-refractivity contribution in [3.8, 4) is 0 Å². The summed E-state index contributed by atoms with van der Waals surface area (Å²) in [7, 11) is 0. The number of amidine groups is 1. The number of fused-ring (bicyclic) bond motifs is 1. The van der Waals surface area contributed by atoms with Gasteiger partial charge in [0.15, 0.2) is 0 Å². The first-order valence-electron chi connectivity index (χ1n) is 5.66. The van der Waals surface area contributed by atoms with Gasteiger partial charge in [-0.1, -0.05) is 17.7 Å². The van der Waals surface area contributed by atoms with Gasteiger partial charge in [-0.3, -0.25) is 5.41 Å². The molecule has 0 atom stereocenters. The molecule has 0 aliphatic carbocycles. The monoisotopic (exact) mass is 338 g/mol. The molecule has 5 heteroatoms. The van der Waals surface area contributed by atoms with Crippen molar-refractivity contribution in [2.45, 2.75) is 6.54 Å². The Morgan fingerprint density at radius 2 is 2.00 bits per heavy atom. The quantitative estimate of drug-likeness (QED) is 0.808. The fraction of sp³-hybridized carbons (Fsp3) is 0.0714. The Hall–Kier alpha value is -1.39. The SMILES string of the molecule is N=C1c2cc(F)ccc2CN1c1cc(Cl)ccc1Br. The number of anilines is 1. The molecule has 0 saturated carbocycles. The number of hydrogen-bond donors (Lipinski definition) is 1. The Morgan fingerprint density at radius 3 is 2.79 bits per heavy atom. The molecule has 1 aliphatic heterocycles. The van der Waals surface area contributed by atoms with Crippen LogP contribution in [0.2, 0.25) is 5.02 Å². The topological polar surface area (TPSA) is 27.1 Å². The molecule has 0 amide bonds. The maximum atomic E-state index is 13.3. The van der Waals surface area contributed by atoms with Crippen LogP contribution >= 0.6 is 27.5 Å². The van der Waals surface area contributed by atoms with E-state index in [9.17, 15) is 4.39 Å². The lowest BCUT2D eigenvalue weighted by Crippen LogP contribution is -2.23. The van der Waals surface area contributed by atoms with Crippen molar-refractivity contribution in [2.75, 3.05) is 4.90 Å². The van der Waals surface area contributed by atoms with E-state index in [1.807, 2.05) is 6.07 Å². The number of hydrogen-bond acceptors (Lipinski definition) is 1. The summed E-state index contributed by atoms with van der Waals surface area (Å²) < 4.78 is 14.1. The zero-order valence-corrected chi connectivity index (χ0v) is 12.1. The Balaban J connectivity index is 2.06. The molecule has 1 aliphatic rings. The van der Waals surface area contributed by atoms with E-state index in [0.717, 1.165) is 15.7 Å². The van der Waals surface area contributed by atoms with E-state index in [1.54, 1.807) is 23.1 Å². The molecule has 0 saturated heterocycles. The minimum absolute atomic E-state index is 0.289. The molecule has 0 aromatic heterocycles. The summed E-state index contributed by atoms with van der Waals surface area (Å²) in [5.74, 6) is -0.0343. The van der Waals surface area contributed by atoms with Gasteiger partial charge >= 0.3 is 0 Å². The summed E-state index contributed by atoms with van der Waals surface area (Å²) in [5.41, 5.74) is 2.39. The zero-order chi connectivity index (χ0) is 13.6. The van der Waals surface area contributed by atoms with Gasteiger partial charge < -0.3 is 4.90 Å². The van der Waals surface area contributed by atoms with E-state index in [4.69, 9.17) is 17.0 Å². The maximum absolute atomic E-state index is 13.3. The molecule has 96 valence electrons. The van der Waals surface area contributed by atoms with Crippen LogP contribution < -0.4 is 4.90 Å². The molecule has 0 bridgehead atoms. The van der Waals surface area contributed by atoms with Crippen molar-refractivity contribution >= 4 is 39.1 Å². The second kappa shape index (κ2) is 4.62. The third kappa shape index (κ3) is 2.15. The van der Waals surface area contributed by atoms with Gasteiger partial charge in [0, 0.05) is 15.1 Å². The van der Waals surface area contributed by atoms with Crippen molar-refractivity contribution < 1.29 is 4.39 Å². The zero-order valence-electron chi connectivity index (χ0n) is 9.75. The van der Waals surface area contributed by atoms with E-state index >= 15 is 0 Å². The van der Waals surface area contributed by atoms with E-state index < -0.39 is 0 Å². The van der Waals surface area contributed by atoms with E-state index in [0.29, 0.717) is 17.1 Å². The molecule has 0 radical (unpaired) electrons. The number of nitrogens with zero attached hydrogens (tertiary/aromatic N) is 1. The van der Waals surface area contributed by atoms with E-state index in [2.05, 4.69) is 15.9 Å². The summed E-state index contributed by atoms with van der Waals surface area (Å²) >= 11 is 9.46. The lowest BCUT2D eigenvalue weighted by molar-refractivity contribution is 0.627. The third-order valence-electron chi connectivity index (χ3n) is 3.12. The van der Waals surface area contributed by atoms with Crippen LogP contribution in [0.5, 0.6) is 0 Å². The molecule has 2 nitrogen and oxygen atoms in total. The van der Waals surface area contributed by atoms with Gasteiger partial charge in [0.2, 0.25) is 0 Å². The summed E-state index contributed by atoms with van der Waals surface area (Å²) in [6, 6.07) is 9.95. The average molecular weight is 340 g/mol. The Bertz CT molecular complexity index is 687. The van der Waals surface area contributed by atoms with Crippen molar-refractivity contribution in [3.63, 3.8) is 0 Å². The highest BCUT2D eigenvalue weighted by Crippen LogP contribution is 2.35. The Morgan fingerprint density at radius 1 is 1.21 bits per heavy atom. The highest BCUT2D eigenvalue weighted by Gasteiger charge is 2.27. The lowest BCUT2D eigenvalue weighted by Gasteiger charge is -2.19. The Labute approximate surface area is 123 Å². The highest BCUT2D eigenvalue weighted by atomic mass is 79.9. The molecular formula is C14H9BrClFN2. The van der Waals surface area contributed by atoms with Crippen LogP contribution in [0, 0.1) is 11.2 Å². The van der Waals surface area contributed by atoms with Crippen molar-refractivity contribution in [1.29, 1.82) is 5.41 Å². The van der Waals surface area contributed by atoms with Crippen LogP contribution in [0.1, 0.15) is 11.1 Å². The lowest BCUT2D eigenvalue weighted by atomic mass is 10.1. The number of nitrogens with one attached hydrogen (secondary N) is 1. The van der Waals surface area contributed by atoms with Crippen molar-refractivity contribution in [3.05, 3.63) is 62.8 Å². The third-order valence-corrected chi connectivity index (χ3v) is 4.03. The average Bonchev–Trinajstić information content (AvgIpc) is 2.70. The molecular weight excluding hydrogens is 331 g/mol. The van der Waals surface area contributed by atoms with Gasteiger partial charge in [0.25, 0.3) is 0 Å². The first-order chi connectivity index (χ1) is 9.06.